The monoisotopic (exact) mass is 409 g/mol. The molecule has 146 valence electrons. The van der Waals surface area contributed by atoms with Gasteiger partial charge in [0.15, 0.2) is 17.2 Å². The van der Waals surface area contributed by atoms with Gasteiger partial charge >= 0.3 is 5.69 Å². The molecule has 0 radical (unpaired) electrons. The number of amides is 1. The Balaban J connectivity index is 2.06. The predicted molar refractivity (Wildman–Crippen MR) is 110 cm³/mol. The Morgan fingerprint density at radius 2 is 2.00 bits per heavy atom. The van der Waals surface area contributed by atoms with Crippen LogP contribution >= 0.6 is 11.6 Å². The molecule has 4 aromatic rings. The first kappa shape index (κ1) is 18.7. The van der Waals surface area contributed by atoms with Crippen LogP contribution in [0.5, 0.6) is 5.75 Å². The Bertz CT molecular complexity index is 1300. The molecule has 2 aromatic carbocycles. The van der Waals surface area contributed by atoms with Gasteiger partial charge in [-0.25, -0.2) is 19.3 Å². The molecule has 3 N–H and O–H groups in total. The SMILES string of the molecule is CCOc1ccccc1-c1nc(C(N)=O)c2[nH]c(=O)n(-c3cccc(Cl)c3)c2n1. The highest BCUT2D eigenvalue weighted by Crippen LogP contribution is 2.29. The van der Waals surface area contributed by atoms with Crippen LogP contribution in [0.25, 0.3) is 28.2 Å². The number of carbonyl (C=O) groups is 1. The van der Waals surface area contributed by atoms with Gasteiger partial charge in [0, 0.05) is 5.02 Å². The number of ether oxygens (including phenoxy) is 1. The average molecular weight is 410 g/mol. The zero-order chi connectivity index (χ0) is 20.5. The van der Waals surface area contributed by atoms with Gasteiger partial charge in [0.25, 0.3) is 5.91 Å². The topological polar surface area (TPSA) is 116 Å². The van der Waals surface area contributed by atoms with Crippen molar-refractivity contribution in [3.63, 3.8) is 0 Å². The molecule has 9 heteroatoms. The van der Waals surface area contributed by atoms with E-state index in [4.69, 9.17) is 22.1 Å². The minimum atomic E-state index is -0.785. The van der Waals surface area contributed by atoms with Crippen LogP contribution in [0.1, 0.15) is 17.4 Å². The summed E-state index contributed by atoms with van der Waals surface area (Å²) in [5.41, 5.74) is 6.38. The quantitative estimate of drug-likeness (QED) is 0.525. The number of nitrogens with one attached hydrogen (secondary N) is 1. The number of nitrogens with two attached hydrogens (primary N) is 1. The maximum Gasteiger partial charge on any atom is 0.332 e. The van der Waals surface area contributed by atoms with Gasteiger partial charge in [0.05, 0.1) is 17.9 Å². The highest BCUT2D eigenvalue weighted by Gasteiger charge is 2.21. The number of aromatic amines is 1. The third-order valence-electron chi connectivity index (χ3n) is 4.26. The number of hydrogen-bond acceptors (Lipinski definition) is 5. The summed E-state index contributed by atoms with van der Waals surface area (Å²) in [6.07, 6.45) is 0. The number of nitrogens with zero attached hydrogens (tertiary/aromatic N) is 3. The molecule has 4 rings (SSSR count). The van der Waals surface area contributed by atoms with Crippen molar-refractivity contribution in [1.29, 1.82) is 0 Å². The Morgan fingerprint density at radius 3 is 2.72 bits per heavy atom. The van der Waals surface area contributed by atoms with Crippen LogP contribution in [0.4, 0.5) is 0 Å². The molecule has 2 heterocycles. The second kappa shape index (κ2) is 7.40. The summed E-state index contributed by atoms with van der Waals surface area (Å²) in [7, 11) is 0. The number of imidazole rings is 1. The molecule has 29 heavy (non-hydrogen) atoms. The molecule has 0 saturated heterocycles. The number of aromatic nitrogens is 4. The molecule has 0 aliphatic carbocycles. The fourth-order valence-electron chi connectivity index (χ4n) is 3.07. The highest BCUT2D eigenvalue weighted by molar-refractivity contribution is 6.30. The Kier molecular flexibility index (Phi) is 4.77. The lowest BCUT2D eigenvalue weighted by Crippen LogP contribution is -2.15. The van der Waals surface area contributed by atoms with Crippen LogP contribution < -0.4 is 16.2 Å². The Morgan fingerprint density at radius 1 is 1.21 bits per heavy atom. The maximum atomic E-state index is 12.7. The lowest BCUT2D eigenvalue weighted by atomic mass is 10.1. The van der Waals surface area contributed by atoms with Crippen molar-refractivity contribution in [3.8, 4) is 22.8 Å². The van der Waals surface area contributed by atoms with Crippen molar-refractivity contribution in [3.05, 3.63) is 69.7 Å². The van der Waals surface area contributed by atoms with E-state index in [0.29, 0.717) is 28.6 Å². The van der Waals surface area contributed by atoms with Gasteiger partial charge < -0.3 is 15.5 Å². The molecule has 0 atom stereocenters. The molecule has 0 saturated carbocycles. The number of rotatable bonds is 5. The molecule has 8 nitrogen and oxygen atoms in total. The minimum absolute atomic E-state index is 0.0887. The first-order valence-corrected chi connectivity index (χ1v) is 9.18. The van der Waals surface area contributed by atoms with Crippen LogP contribution in [0.15, 0.2) is 53.3 Å². The molecule has 0 bridgehead atoms. The number of hydrogen-bond donors (Lipinski definition) is 2. The van der Waals surface area contributed by atoms with Gasteiger partial charge in [-0.3, -0.25) is 4.79 Å². The van der Waals surface area contributed by atoms with Gasteiger partial charge in [-0.15, -0.1) is 0 Å². The van der Waals surface area contributed by atoms with Gasteiger partial charge in [0.1, 0.15) is 11.3 Å². The van der Waals surface area contributed by atoms with Crippen molar-refractivity contribution in [1.82, 2.24) is 19.5 Å². The lowest BCUT2D eigenvalue weighted by Gasteiger charge is -2.10. The molecular weight excluding hydrogens is 394 g/mol. The van der Waals surface area contributed by atoms with E-state index in [9.17, 15) is 9.59 Å². The molecule has 0 aliphatic rings. The zero-order valence-corrected chi connectivity index (χ0v) is 16.1. The summed E-state index contributed by atoms with van der Waals surface area (Å²) < 4.78 is 6.97. The van der Waals surface area contributed by atoms with E-state index in [1.165, 1.54) is 4.57 Å². The van der Waals surface area contributed by atoms with Crippen molar-refractivity contribution >= 4 is 28.7 Å². The standard InChI is InChI=1S/C20H16ClN5O3/c1-2-29-14-9-4-3-8-13(14)18-23-15(17(22)27)16-19(25-18)26(20(28)24-16)12-7-5-6-11(21)10-12/h3-10H,2H2,1H3,(H2,22,27)(H,24,28). The fourth-order valence-corrected chi connectivity index (χ4v) is 3.26. The fraction of sp³-hybridized carbons (Fsp3) is 0.100. The van der Waals surface area contributed by atoms with Crippen molar-refractivity contribution in [2.75, 3.05) is 6.61 Å². The third kappa shape index (κ3) is 3.34. The molecule has 2 aromatic heterocycles. The van der Waals surface area contributed by atoms with Gasteiger partial charge in [-0.1, -0.05) is 29.8 Å². The third-order valence-corrected chi connectivity index (χ3v) is 4.50. The van der Waals surface area contributed by atoms with Crippen LogP contribution in [0.2, 0.25) is 5.02 Å². The molecule has 0 aliphatic heterocycles. The van der Waals surface area contributed by atoms with E-state index in [2.05, 4.69) is 15.0 Å². The summed E-state index contributed by atoms with van der Waals surface area (Å²) in [5, 5.41) is 0.454. The zero-order valence-electron chi connectivity index (χ0n) is 15.3. The molecule has 0 fully saturated rings. The summed E-state index contributed by atoms with van der Waals surface area (Å²) in [6, 6.07) is 13.9. The molecular formula is C20H16ClN5O3. The van der Waals surface area contributed by atoms with E-state index >= 15 is 0 Å². The highest BCUT2D eigenvalue weighted by atomic mass is 35.5. The van der Waals surface area contributed by atoms with E-state index in [1.54, 1.807) is 42.5 Å². The molecule has 1 amide bonds. The van der Waals surface area contributed by atoms with Gasteiger partial charge in [0.2, 0.25) is 0 Å². The smallest absolute Gasteiger partial charge is 0.332 e. The predicted octanol–water partition coefficient (Wildman–Crippen LogP) is 2.93. The summed E-state index contributed by atoms with van der Waals surface area (Å²) >= 11 is 6.08. The number of fused-ring (bicyclic) bond motifs is 1. The average Bonchev–Trinajstić information content (AvgIpc) is 3.03. The number of halogens is 1. The second-order valence-corrected chi connectivity index (χ2v) is 6.57. The summed E-state index contributed by atoms with van der Waals surface area (Å²) in [4.78, 5) is 36.2. The number of benzene rings is 2. The maximum absolute atomic E-state index is 12.7. The first-order chi connectivity index (χ1) is 14.0. The summed E-state index contributed by atoms with van der Waals surface area (Å²) in [5.74, 6) is -0.0193. The van der Waals surface area contributed by atoms with Gasteiger partial charge in [-0.2, -0.15) is 0 Å². The Hall–Kier alpha value is -3.65. The first-order valence-electron chi connectivity index (χ1n) is 8.80. The van der Waals surface area contributed by atoms with E-state index < -0.39 is 11.6 Å². The number of primary amides is 1. The van der Waals surface area contributed by atoms with E-state index in [0.717, 1.165) is 0 Å². The van der Waals surface area contributed by atoms with Crippen LogP contribution in [-0.2, 0) is 0 Å². The lowest BCUT2D eigenvalue weighted by molar-refractivity contribution is 0.0997. The largest absolute Gasteiger partial charge is 0.493 e. The van der Waals surface area contributed by atoms with Crippen molar-refractivity contribution < 1.29 is 9.53 Å². The number of para-hydroxylation sites is 1. The van der Waals surface area contributed by atoms with Crippen molar-refractivity contribution in [2.24, 2.45) is 5.73 Å². The normalized spacial score (nSPS) is 11.0. The number of H-pyrrole nitrogens is 1. The van der Waals surface area contributed by atoms with Crippen molar-refractivity contribution in [2.45, 2.75) is 6.92 Å². The number of carbonyl (C=O) groups excluding carboxylic acids is 1. The Labute approximate surface area is 169 Å². The summed E-state index contributed by atoms with van der Waals surface area (Å²) in [6.45, 7) is 2.30. The van der Waals surface area contributed by atoms with Gasteiger partial charge in [-0.05, 0) is 37.3 Å². The second-order valence-electron chi connectivity index (χ2n) is 6.13. The minimum Gasteiger partial charge on any atom is -0.493 e. The van der Waals surface area contributed by atoms with Crippen LogP contribution in [0, 0.1) is 0 Å². The van der Waals surface area contributed by atoms with E-state index in [1.807, 2.05) is 13.0 Å². The van der Waals surface area contributed by atoms with Crippen LogP contribution in [0.3, 0.4) is 0 Å². The molecule has 0 spiro atoms. The van der Waals surface area contributed by atoms with Crippen LogP contribution in [-0.4, -0.2) is 32.0 Å². The van der Waals surface area contributed by atoms with E-state index in [-0.39, 0.29) is 22.7 Å². The molecule has 0 unspecified atom stereocenters.